The second-order valence-corrected chi connectivity index (χ2v) is 5.23. The Bertz CT molecular complexity index is 577. The van der Waals surface area contributed by atoms with Crippen molar-refractivity contribution < 1.29 is 9.32 Å². The lowest BCUT2D eigenvalue weighted by molar-refractivity contribution is 0.171. The van der Waals surface area contributed by atoms with Crippen LogP contribution in [0.1, 0.15) is 31.0 Å². The van der Waals surface area contributed by atoms with Gasteiger partial charge in [-0.2, -0.15) is 4.98 Å². The second kappa shape index (κ2) is 4.57. The van der Waals surface area contributed by atoms with E-state index in [9.17, 15) is 4.79 Å². The summed E-state index contributed by atoms with van der Waals surface area (Å²) in [6, 6.07) is -0.334. The van der Waals surface area contributed by atoms with Gasteiger partial charge in [-0.3, -0.25) is 5.32 Å². The topological polar surface area (TPSA) is 106 Å². The number of carbonyl (C=O) groups excluding carboxylic acids is 1. The van der Waals surface area contributed by atoms with Crippen LogP contribution in [0.4, 0.5) is 9.93 Å². The van der Waals surface area contributed by atoms with Gasteiger partial charge in [0, 0.05) is 6.92 Å². The molecule has 0 aromatic carbocycles. The number of nitrogens with zero attached hydrogens (tertiary/aromatic N) is 4. The summed E-state index contributed by atoms with van der Waals surface area (Å²) in [5, 5.41) is 17.3. The van der Waals surface area contributed by atoms with E-state index in [0.29, 0.717) is 16.8 Å². The lowest BCUT2D eigenvalue weighted by atomic mass is 9.76. The molecule has 1 saturated carbocycles. The molecule has 2 aromatic rings. The van der Waals surface area contributed by atoms with Crippen molar-refractivity contribution in [1.82, 2.24) is 25.7 Å². The number of aryl methyl sites for hydroxylation is 1. The molecule has 0 bridgehead atoms. The molecule has 0 aliphatic heterocycles. The lowest BCUT2D eigenvalue weighted by Crippen LogP contribution is -2.52. The number of rotatable bonds is 3. The van der Waals surface area contributed by atoms with E-state index in [1.807, 2.05) is 0 Å². The van der Waals surface area contributed by atoms with Crippen molar-refractivity contribution in [3.63, 3.8) is 0 Å². The zero-order valence-corrected chi connectivity index (χ0v) is 11.0. The third kappa shape index (κ3) is 2.28. The van der Waals surface area contributed by atoms with Crippen LogP contribution in [0, 0.1) is 6.92 Å². The maximum Gasteiger partial charge on any atom is 0.321 e. The van der Waals surface area contributed by atoms with E-state index < -0.39 is 5.54 Å². The summed E-state index contributed by atoms with van der Waals surface area (Å²) < 4.78 is 4.98. The highest BCUT2D eigenvalue weighted by molar-refractivity contribution is 7.13. The Hall–Kier alpha value is -2.03. The number of hydrogen-bond acceptors (Lipinski definition) is 7. The summed E-state index contributed by atoms with van der Waals surface area (Å²) in [6.45, 7) is 1.73. The second-order valence-electron chi connectivity index (χ2n) is 4.40. The molecule has 2 heterocycles. The molecule has 2 aromatic heterocycles. The van der Waals surface area contributed by atoms with E-state index in [2.05, 4.69) is 31.0 Å². The third-order valence-electron chi connectivity index (χ3n) is 3.10. The van der Waals surface area contributed by atoms with Gasteiger partial charge in [-0.05, 0) is 19.3 Å². The molecule has 0 radical (unpaired) electrons. The number of carbonyl (C=O) groups is 1. The first-order valence-electron chi connectivity index (χ1n) is 5.84. The van der Waals surface area contributed by atoms with Gasteiger partial charge in [0.25, 0.3) is 0 Å². The Morgan fingerprint density at radius 2 is 2.37 bits per heavy atom. The molecule has 2 amide bonds. The lowest BCUT2D eigenvalue weighted by Gasteiger charge is -2.39. The van der Waals surface area contributed by atoms with Crippen LogP contribution in [-0.4, -0.2) is 26.4 Å². The Kier molecular flexibility index (Phi) is 2.90. The van der Waals surface area contributed by atoms with Crippen LogP contribution in [0.15, 0.2) is 10.0 Å². The molecule has 0 unspecified atom stereocenters. The summed E-state index contributed by atoms with van der Waals surface area (Å²) in [5.74, 6) is 1.02. The van der Waals surface area contributed by atoms with Gasteiger partial charge in [0.2, 0.25) is 11.0 Å². The van der Waals surface area contributed by atoms with E-state index in [1.54, 1.807) is 12.4 Å². The molecular formula is C10H12N6O2S. The predicted molar refractivity (Wildman–Crippen MR) is 66.6 cm³/mol. The van der Waals surface area contributed by atoms with Crippen molar-refractivity contribution in [3.8, 4) is 0 Å². The van der Waals surface area contributed by atoms with E-state index in [-0.39, 0.29) is 6.03 Å². The van der Waals surface area contributed by atoms with Gasteiger partial charge in [0.1, 0.15) is 11.0 Å². The zero-order valence-electron chi connectivity index (χ0n) is 10.2. The molecule has 1 aliphatic rings. The maximum atomic E-state index is 11.9. The Balaban J connectivity index is 1.71. The average Bonchev–Trinajstić information content (AvgIpc) is 2.95. The van der Waals surface area contributed by atoms with Crippen LogP contribution < -0.4 is 10.6 Å². The van der Waals surface area contributed by atoms with Crippen molar-refractivity contribution >= 4 is 22.5 Å². The summed E-state index contributed by atoms with van der Waals surface area (Å²) >= 11 is 1.26. The van der Waals surface area contributed by atoms with Crippen molar-refractivity contribution in [1.29, 1.82) is 0 Å². The van der Waals surface area contributed by atoms with Crippen LogP contribution in [0.2, 0.25) is 0 Å². The van der Waals surface area contributed by atoms with Gasteiger partial charge in [-0.25, -0.2) is 4.79 Å². The summed E-state index contributed by atoms with van der Waals surface area (Å²) in [5.41, 5.74) is 1.03. The van der Waals surface area contributed by atoms with Gasteiger partial charge in [0.05, 0.1) is 0 Å². The molecule has 1 aliphatic carbocycles. The summed E-state index contributed by atoms with van der Waals surface area (Å²) in [4.78, 5) is 16.1. The monoisotopic (exact) mass is 280 g/mol. The number of nitrogens with one attached hydrogen (secondary N) is 2. The highest BCUT2D eigenvalue weighted by atomic mass is 32.1. The molecule has 0 atom stereocenters. The Labute approximate surface area is 112 Å². The third-order valence-corrected chi connectivity index (χ3v) is 3.70. The van der Waals surface area contributed by atoms with Crippen LogP contribution in [0.3, 0.4) is 0 Å². The number of amides is 2. The highest BCUT2D eigenvalue weighted by Crippen LogP contribution is 2.39. The number of anilines is 1. The number of aromatic nitrogens is 4. The Morgan fingerprint density at radius 1 is 1.53 bits per heavy atom. The highest BCUT2D eigenvalue weighted by Gasteiger charge is 2.44. The molecule has 0 spiro atoms. The van der Waals surface area contributed by atoms with Crippen LogP contribution >= 0.6 is 11.3 Å². The summed E-state index contributed by atoms with van der Waals surface area (Å²) in [6.07, 6.45) is 2.62. The quantitative estimate of drug-likeness (QED) is 0.881. The minimum Gasteiger partial charge on any atom is -0.340 e. The molecule has 19 heavy (non-hydrogen) atoms. The fourth-order valence-corrected chi connectivity index (χ4v) is 2.44. The smallest absolute Gasteiger partial charge is 0.321 e. The van der Waals surface area contributed by atoms with Gasteiger partial charge < -0.3 is 9.84 Å². The number of hydrogen-bond donors (Lipinski definition) is 2. The minimum atomic E-state index is -0.521. The minimum absolute atomic E-state index is 0.334. The van der Waals surface area contributed by atoms with Crippen LogP contribution in [-0.2, 0) is 5.54 Å². The fourth-order valence-electron chi connectivity index (χ4n) is 2.00. The largest absolute Gasteiger partial charge is 0.340 e. The predicted octanol–water partition coefficient (Wildman–Crippen LogP) is 1.43. The van der Waals surface area contributed by atoms with E-state index in [1.165, 1.54) is 11.3 Å². The van der Waals surface area contributed by atoms with Gasteiger partial charge in [-0.1, -0.05) is 16.5 Å². The molecule has 9 heteroatoms. The van der Waals surface area contributed by atoms with Crippen LogP contribution in [0.25, 0.3) is 0 Å². The molecule has 100 valence electrons. The molecular weight excluding hydrogens is 268 g/mol. The van der Waals surface area contributed by atoms with Gasteiger partial charge >= 0.3 is 6.03 Å². The average molecular weight is 280 g/mol. The van der Waals surface area contributed by atoms with Crippen molar-refractivity contribution in [2.45, 2.75) is 31.7 Å². The van der Waals surface area contributed by atoms with Crippen LogP contribution in [0.5, 0.6) is 0 Å². The molecule has 1 fully saturated rings. The first-order chi connectivity index (χ1) is 9.18. The molecule has 3 rings (SSSR count). The van der Waals surface area contributed by atoms with Gasteiger partial charge in [-0.15, -0.1) is 10.2 Å². The molecule has 8 nitrogen and oxygen atoms in total. The number of urea groups is 1. The maximum absolute atomic E-state index is 11.9. The van der Waals surface area contributed by atoms with E-state index in [0.717, 1.165) is 19.3 Å². The van der Waals surface area contributed by atoms with E-state index in [4.69, 9.17) is 4.52 Å². The van der Waals surface area contributed by atoms with Gasteiger partial charge in [0.15, 0.2) is 5.82 Å². The van der Waals surface area contributed by atoms with Crippen molar-refractivity contribution in [2.75, 3.05) is 5.32 Å². The zero-order chi connectivity index (χ0) is 13.3. The first kappa shape index (κ1) is 12.0. The molecule has 2 N–H and O–H groups in total. The molecule has 0 saturated heterocycles. The van der Waals surface area contributed by atoms with Crippen molar-refractivity contribution in [3.05, 3.63) is 17.2 Å². The standard InChI is InChI=1S/C10H12N6O2S/c1-6-12-7(16-18-6)10(3-2-4-10)14-8(17)13-9-15-11-5-19-9/h5H,2-4H2,1H3,(H2,13,14,15,17). The van der Waals surface area contributed by atoms with E-state index >= 15 is 0 Å². The SMILES string of the molecule is Cc1nc(C2(NC(=O)Nc3nncs3)CCC2)no1. The normalized spacial score (nSPS) is 16.7. The fraction of sp³-hybridized carbons (Fsp3) is 0.500. The Morgan fingerprint density at radius 3 is 2.89 bits per heavy atom. The van der Waals surface area contributed by atoms with Crippen molar-refractivity contribution in [2.24, 2.45) is 0 Å². The first-order valence-corrected chi connectivity index (χ1v) is 6.72. The summed E-state index contributed by atoms with van der Waals surface area (Å²) in [7, 11) is 0.